The predicted molar refractivity (Wildman–Crippen MR) is 86.6 cm³/mol. The van der Waals surface area contributed by atoms with Crippen LogP contribution in [0.25, 0.3) is 0 Å². The van der Waals surface area contributed by atoms with Crippen molar-refractivity contribution in [2.45, 2.75) is 52.7 Å². The van der Waals surface area contributed by atoms with Gasteiger partial charge in [0.25, 0.3) is 0 Å². The summed E-state index contributed by atoms with van der Waals surface area (Å²) in [6, 6.07) is 4.30. The highest BCUT2D eigenvalue weighted by molar-refractivity contribution is 5.14. The van der Waals surface area contributed by atoms with Crippen LogP contribution in [0.1, 0.15) is 45.4 Å². The summed E-state index contributed by atoms with van der Waals surface area (Å²) in [4.78, 5) is 6.95. The maximum absolute atomic E-state index is 4.58. The van der Waals surface area contributed by atoms with Gasteiger partial charge in [-0.1, -0.05) is 19.1 Å². The third-order valence-electron chi connectivity index (χ3n) is 3.29. The molecule has 112 valence electrons. The first-order valence-corrected chi connectivity index (χ1v) is 7.48. The Balaban J connectivity index is 2.61. The summed E-state index contributed by atoms with van der Waals surface area (Å²) in [5.74, 6) is 0. The van der Waals surface area contributed by atoms with Crippen LogP contribution in [-0.2, 0) is 13.1 Å². The van der Waals surface area contributed by atoms with Crippen LogP contribution in [-0.4, -0.2) is 28.5 Å². The number of nitrogens with zero attached hydrogens (tertiary/aromatic N) is 2. The average Bonchev–Trinajstić information content (AvgIpc) is 2.39. The Morgan fingerprint density at radius 2 is 2.10 bits per heavy atom. The zero-order chi connectivity index (χ0) is 15.0. The molecular formula is C17H29N3. The topological polar surface area (TPSA) is 28.2 Å². The highest BCUT2D eigenvalue weighted by atomic mass is 15.2. The van der Waals surface area contributed by atoms with Crippen molar-refractivity contribution in [1.29, 1.82) is 0 Å². The lowest BCUT2D eigenvalue weighted by molar-refractivity contribution is 0.143. The molecule has 3 heteroatoms. The molecule has 0 amide bonds. The molecule has 20 heavy (non-hydrogen) atoms. The van der Waals surface area contributed by atoms with E-state index in [9.17, 15) is 0 Å². The molecule has 0 spiro atoms. The molecule has 0 aliphatic carbocycles. The predicted octanol–water partition coefficient (Wildman–Crippen LogP) is 3.37. The highest BCUT2D eigenvalue weighted by Crippen LogP contribution is 2.16. The molecule has 0 aromatic carbocycles. The Hall–Kier alpha value is -1.19. The van der Waals surface area contributed by atoms with E-state index < -0.39 is 0 Å². The van der Waals surface area contributed by atoms with E-state index in [1.165, 1.54) is 5.56 Å². The lowest BCUT2D eigenvalue weighted by Crippen LogP contribution is -2.41. The van der Waals surface area contributed by atoms with E-state index in [0.29, 0.717) is 0 Å². The molecule has 1 aromatic rings. The van der Waals surface area contributed by atoms with Crippen molar-refractivity contribution in [3.63, 3.8) is 0 Å². The van der Waals surface area contributed by atoms with E-state index in [1.54, 1.807) is 0 Å². The van der Waals surface area contributed by atoms with Crippen LogP contribution in [0, 0.1) is 0 Å². The Kier molecular flexibility index (Phi) is 6.89. The van der Waals surface area contributed by atoms with Gasteiger partial charge in [-0.05, 0) is 45.4 Å². The lowest BCUT2D eigenvalue weighted by Gasteiger charge is -2.34. The normalized spacial score (nSPS) is 11.8. The van der Waals surface area contributed by atoms with Gasteiger partial charge in [0.1, 0.15) is 0 Å². The third kappa shape index (κ3) is 5.85. The smallest absolute Gasteiger partial charge is 0.0544 e. The lowest BCUT2D eigenvalue weighted by atomic mass is 10.1. The molecule has 0 fully saturated rings. The summed E-state index contributed by atoms with van der Waals surface area (Å²) < 4.78 is 0. The van der Waals surface area contributed by atoms with Crippen LogP contribution in [0.5, 0.6) is 0 Å². The van der Waals surface area contributed by atoms with Crippen molar-refractivity contribution >= 4 is 0 Å². The minimum absolute atomic E-state index is 0.122. The zero-order valence-corrected chi connectivity index (χ0v) is 13.4. The van der Waals surface area contributed by atoms with Crippen molar-refractivity contribution in [2.75, 3.05) is 13.1 Å². The van der Waals surface area contributed by atoms with Crippen molar-refractivity contribution in [3.8, 4) is 0 Å². The molecule has 1 heterocycles. The van der Waals surface area contributed by atoms with E-state index in [2.05, 4.69) is 61.6 Å². The Morgan fingerprint density at radius 1 is 1.35 bits per heavy atom. The summed E-state index contributed by atoms with van der Waals surface area (Å²) in [5, 5.41) is 3.39. The fourth-order valence-corrected chi connectivity index (χ4v) is 1.99. The summed E-state index contributed by atoms with van der Waals surface area (Å²) in [5.41, 5.74) is 2.48. The van der Waals surface area contributed by atoms with Gasteiger partial charge in [0.05, 0.1) is 5.69 Å². The van der Waals surface area contributed by atoms with Crippen molar-refractivity contribution < 1.29 is 0 Å². The Bertz CT molecular complexity index is 390. The molecular weight excluding hydrogens is 246 g/mol. The van der Waals surface area contributed by atoms with E-state index in [4.69, 9.17) is 0 Å². The van der Waals surface area contributed by atoms with Gasteiger partial charge < -0.3 is 5.32 Å². The summed E-state index contributed by atoms with van der Waals surface area (Å²) in [6.45, 7) is 16.4. The van der Waals surface area contributed by atoms with Gasteiger partial charge >= 0.3 is 0 Å². The maximum Gasteiger partial charge on any atom is 0.0544 e. The second-order valence-corrected chi connectivity index (χ2v) is 6.17. The number of hydrogen-bond donors (Lipinski definition) is 1. The van der Waals surface area contributed by atoms with Gasteiger partial charge in [-0.25, -0.2) is 0 Å². The van der Waals surface area contributed by atoms with E-state index in [1.807, 2.05) is 12.3 Å². The number of nitrogens with one attached hydrogen (secondary N) is 1. The third-order valence-corrected chi connectivity index (χ3v) is 3.29. The molecule has 0 aliphatic heterocycles. The number of aromatic nitrogens is 1. The second kappa shape index (κ2) is 8.18. The monoisotopic (exact) mass is 275 g/mol. The van der Waals surface area contributed by atoms with Crippen molar-refractivity contribution in [3.05, 3.63) is 42.2 Å². The van der Waals surface area contributed by atoms with Gasteiger partial charge in [0, 0.05) is 31.4 Å². The van der Waals surface area contributed by atoms with Crippen LogP contribution >= 0.6 is 0 Å². The van der Waals surface area contributed by atoms with Gasteiger partial charge in [-0.3, -0.25) is 9.88 Å². The summed E-state index contributed by atoms with van der Waals surface area (Å²) in [7, 11) is 0. The quantitative estimate of drug-likeness (QED) is 0.582. The SMILES string of the molecule is C=CCN(Cc1ccc(CNCCC)cn1)C(C)(C)C. The molecule has 1 N–H and O–H groups in total. The fraction of sp³-hybridized carbons (Fsp3) is 0.588. The Morgan fingerprint density at radius 3 is 2.60 bits per heavy atom. The fourth-order valence-electron chi connectivity index (χ4n) is 1.99. The van der Waals surface area contributed by atoms with Crippen molar-refractivity contribution in [1.82, 2.24) is 15.2 Å². The van der Waals surface area contributed by atoms with Crippen LogP contribution in [0.2, 0.25) is 0 Å². The van der Waals surface area contributed by atoms with Crippen molar-refractivity contribution in [2.24, 2.45) is 0 Å². The molecule has 0 saturated carbocycles. The molecule has 3 nitrogen and oxygen atoms in total. The van der Waals surface area contributed by atoms with Crippen LogP contribution in [0.3, 0.4) is 0 Å². The minimum atomic E-state index is 0.122. The number of pyridine rings is 1. The molecule has 1 rings (SSSR count). The maximum atomic E-state index is 4.58. The first-order valence-electron chi connectivity index (χ1n) is 7.48. The summed E-state index contributed by atoms with van der Waals surface area (Å²) in [6.07, 6.45) is 5.09. The first kappa shape index (κ1) is 16.9. The first-order chi connectivity index (χ1) is 9.47. The van der Waals surface area contributed by atoms with Crippen LogP contribution in [0.15, 0.2) is 31.0 Å². The Labute approximate surface area is 124 Å². The largest absolute Gasteiger partial charge is 0.313 e. The molecule has 0 saturated heterocycles. The minimum Gasteiger partial charge on any atom is -0.313 e. The second-order valence-electron chi connectivity index (χ2n) is 6.17. The standard InChI is InChI=1S/C17H29N3/c1-6-10-18-12-15-8-9-16(19-13-15)14-20(11-7-2)17(3,4)5/h7-9,13,18H,2,6,10-12,14H2,1,3-5H3. The summed E-state index contributed by atoms with van der Waals surface area (Å²) >= 11 is 0. The van der Waals surface area contributed by atoms with Gasteiger partial charge in [-0.2, -0.15) is 0 Å². The molecule has 1 aromatic heterocycles. The average molecular weight is 275 g/mol. The van der Waals surface area contributed by atoms with Gasteiger partial charge in [0.2, 0.25) is 0 Å². The molecule has 0 aliphatic rings. The van der Waals surface area contributed by atoms with Gasteiger partial charge in [0.15, 0.2) is 0 Å². The highest BCUT2D eigenvalue weighted by Gasteiger charge is 2.20. The van der Waals surface area contributed by atoms with Gasteiger partial charge in [-0.15, -0.1) is 6.58 Å². The van der Waals surface area contributed by atoms with E-state index in [0.717, 1.165) is 38.3 Å². The van der Waals surface area contributed by atoms with E-state index >= 15 is 0 Å². The number of rotatable bonds is 8. The zero-order valence-electron chi connectivity index (χ0n) is 13.4. The van der Waals surface area contributed by atoms with Crippen LogP contribution < -0.4 is 5.32 Å². The molecule has 0 atom stereocenters. The van der Waals surface area contributed by atoms with Crippen LogP contribution in [0.4, 0.5) is 0 Å². The van der Waals surface area contributed by atoms with E-state index in [-0.39, 0.29) is 5.54 Å². The molecule has 0 bridgehead atoms. The molecule has 0 radical (unpaired) electrons. The molecule has 0 unspecified atom stereocenters. The number of hydrogen-bond acceptors (Lipinski definition) is 3.